The summed E-state index contributed by atoms with van der Waals surface area (Å²) in [6, 6.07) is 97.8. The first-order chi connectivity index (χ1) is 35.7. The van der Waals surface area contributed by atoms with Gasteiger partial charge in [0.15, 0.2) is 0 Å². The summed E-state index contributed by atoms with van der Waals surface area (Å²) in [6.45, 7) is 0. The van der Waals surface area contributed by atoms with Gasteiger partial charge in [-0.25, -0.2) is 0 Å². The molecule has 0 fully saturated rings. The molecule has 14 aromatic rings. The number of fused-ring (bicyclic) bond motifs is 18. The molecular weight excluding hydrogens is 867 g/mol. The maximum atomic E-state index is 2.48. The van der Waals surface area contributed by atoms with E-state index < -0.39 is 5.41 Å². The van der Waals surface area contributed by atoms with E-state index in [9.17, 15) is 0 Å². The number of hydrogen-bond donors (Lipinski definition) is 0. The summed E-state index contributed by atoms with van der Waals surface area (Å²) in [5, 5.41) is 12.6. The van der Waals surface area contributed by atoms with Crippen LogP contribution in [0.4, 0.5) is 0 Å². The third kappa shape index (κ3) is 5.32. The fourth-order valence-electron chi connectivity index (χ4n) is 13.4. The lowest BCUT2D eigenvalue weighted by molar-refractivity contribution is 0.802. The average molecular weight is 910 g/mol. The van der Waals surface area contributed by atoms with Gasteiger partial charge in [-0.05, 0) is 170 Å². The van der Waals surface area contributed by atoms with E-state index in [4.69, 9.17) is 0 Å². The van der Waals surface area contributed by atoms with Crippen molar-refractivity contribution in [2.75, 3.05) is 0 Å². The molecule has 0 radical (unpaired) electrons. The van der Waals surface area contributed by atoms with Crippen molar-refractivity contribution in [2.24, 2.45) is 0 Å². The highest BCUT2D eigenvalue weighted by molar-refractivity contribution is 6.22. The lowest BCUT2D eigenvalue weighted by Crippen LogP contribution is -2.26. The molecule has 1 heteroatoms. The number of para-hydroxylation sites is 2. The highest BCUT2D eigenvalue weighted by atomic mass is 15.0. The van der Waals surface area contributed by atoms with Crippen LogP contribution in [-0.4, -0.2) is 4.57 Å². The van der Waals surface area contributed by atoms with Crippen LogP contribution in [0.5, 0.6) is 0 Å². The summed E-state index contributed by atoms with van der Waals surface area (Å²) < 4.78 is 2.39. The monoisotopic (exact) mass is 909 g/mol. The highest BCUT2D eigenvalue weighted by Crippen LogP contribution is 2.64. The quantitative estimate of drug-likeness (QED) is 0.155. The molecule has 0 unspecified atom stereocenters. The fraction of sp³-hybridized carbons (Fsp3) is 0.0141. The van der Waals surface area contributed by atoms with E-state index >= 15 is 0 Å². The molecule has 0 amide bonds. The first kappa shape index (κ1) is 39.5. The lowest BCUT2D eigenvalue weighted by Gasteiger charge is -2.31. The molecule has 0 aliphatic heterocycles. The predicted molar refractivity (Wildman–Crippen MR) is 303 cm³/mol. The normalized spacial score (nSPS) is 13.1. The Hall–Kier alpha value is -9.30. The number of hydrogen-bond acceptors (Lipinski definition) is 0. The number of rotatable bonds is 4. The minimum atomic E-state index is -0.429. The second-order valence-electron chi connectivity index (χ2n) is 19.8. The standard InChI is InChI=1S/C71H43N/c1-2-18-51(19-3-1)72-66-29-15-12-22-55(66)62-42-50(36-39-67(62)72)69-58-25-8-6-23-56(58)68(57-24-7-9-26-59(57)69)45-32-30-44(31-33-45)48-34-37-52-49(40-48)35-38-60-61-41-46-16-4-5-17-47(46)43-65(61)71(70(52)60)63-27-13-10-20-53(63)54-21-11-14-28-64(54)71/h1-43H. The van der Waals surface area contributed by atoms with Gasteiger partial charge < -0.3 is 4.57 Å². The van der Waals surface area contributed by atoms with Crippen LogP contribution in [-0.2, 0) is 5.41 Å². The molecule has 0 N–H and O–H groups in total. The summed E-state index contributed by atoms with van der Waals surface area (Å²) in [4.78, 5) is 0. The maximum Gasteiger partial charge on any atom is 0.0731 e. The molecule has 1 nitrogen and oxygen atoms in total. The molecule has 16 rings (SSSR count). The number of benzene rings is 13. The first-order valence-corrected chi connectivity index (χ1v) is 25.2. The maximum absolute atomic E-state index is 2.48. The van der Waals surface area contributed by atoms with E-state index in [1.54, 1.807) is 0 Å². The Labute approximate surface area is 417 Å². The smallest absolute Gasteiger partial charge is 0.0731 e. The van der Waals surface area contributed by atoms with Crippen LogP contribution in [0.25, 0.3) is 126 Å². The van der Waals surface area contributed by atoms with Gasteiger partial charge in [0.25, 0.3) is 0 Å². The second kappa shape index (κ2) is 14.9. The molecule has 0 bridgehead atoms. The van der Waals surface area contributed by atoms with Gasteiger partial charge in [0.2, 0.25) is 0 Å². The van der Waals surface area contributed by atoms with E-state index in [2.05, 4.69) is 265 Å². The summed E-state index contributed by atoms with van der Waals surface area (Å²) in [5.41, 5.74) is 21.4. The van der Waals surface area contributed by atoms with Gasteiger partial charge in [-0.15, -0.1) is 0 Å². The molecule has 72 heavy (non-hydrogen) atoms. The number of nitrogens with zero attached hydrogens (tertiary/aromatic N) is 1. The predicted octanol–water partition coefficient (Wildman–Crippen LogP) is 18.7. The molecule has 1 spiro atoms. The summed E-state index contributed by atoms with van der Waals surface area (Å²) >= 11 is 0. The van der Waals surface area contributed by atoms with Gasteiger partial charge in [-0.1, -0.05) is 212 Å². The molecule has 1 heterocycles. The van der Waals surface area contributed by atoms with Gasteiger partial charge in [0, 0.05) is 16.5 Å². The van der Waals surface area contributed by atoms with Crippen LogP contribution in [0, 0.1) is 0 Å². The largest absolute Gasteiger partial charge is 0.309 e. The Morgan fingerprint density at radius 2 is 0.778 bits per heavy atom. The topological polar surface area (TPSA) is 4.93 Å². The first-order valence-electron chi connectivity index (χ1n) is 25.2. The van der Waals surface area contributed by atoms with Crippen molar-refractivity contribution >= 4 is 64.9 Å². The summed E-state index contributed by atoms with van der Waals surface area (Å²) in [6.07, 6.45) is 0. The molecule has 0 saturated heterocycles. The van der Waals surface area contributed by atoms with Crippen molar-refractivity contribution in [3.8, 4) is 61.3 Å². The van der Waals surface area contributed by atoms with E-state index in [1.807, 2.05) is 0 Å². The van der Waals surface area contributed by atoms with Crippen LogP contribution in [0.3, 0.4) is 0 Å². The van der Waals surface area contributed by atoms with Crippen molar-refractivity contribution in [3.63, 3.8) is 0 Å². The zero-order chi connectivity index (χ0) is 47.1. The second-order valence-corrected chi connectivity index (χ2v) is 19.8. The Bertz CT molecular complexity index is 4510. The fourth-order valence-corrected chi connectivity index (χ4v) is 13.4. The zero-order valence-electron chi connectivity index (χ0n) is 39.3. The van der Waals surface area contributed by atoms with Gasteiger partial charge >= 0.3 is 0 Å². The zero-order valence-corrected chi connectivity index (χ0v) is 39.3. The van der Waals surface area contributed by atoms with Crippen LogP contribution in [0.2, 0.25) is 0 Å². The van der Waals surface area contributed by atoms with Crippen LogP contribution in [0.1, 0.15) is 22.3 Å². The lowest BCUT2D eigenvalue weighted by atomic mass is 9.69. The molecule has 332 valence electrons. The molecule has 2 aliphatic rings. The van der Waals surface area contributed by atoms with Crippen LogP contribution < -0.4 is 0 Å². The molecule has 13 aromatic carbocycles. The SMILES string of the molecule is c1ccc(-n2c3ccccc3c3cc(-c4c5ccccc5c(-c5ccc(-c6ccc7c8c(ccc7c6)-c6cc7ccccc7cc6C86c7ccccc7-c7ccccc76)cc5)c5ccccc45)ccc32)cc1. The van der Waals surface area contributed by atoms with Gasteiger partial charge in [-0.3, -0.25) is 0 Å². The third-order valence-electron chi connectivity index (χ3n) is 16.3. The Kier molecular flexibility index (Phi) is 8.16. The molecule has 2 aliphatic carbocycles. The van der Waals surface area contributed by atoms with E-state index in [-0.39, 0.29) is 0 Å². The van der Waals surface area contributed by atoms with E-state index in [0.29, 0.717) is 0 Å². The Morgan fingerprint density at radius 3 is 1.47 bits per heavy atom. The molecule has 1 aromatic heterocycles. The van der Waals surface area contributed by atoms with Crippen molar-refractivity contribution < 1.29 is 0 Å². The van der Waals surface area contributed by atoms with Crippen molar-refractivity contribution in [1.29, 1.82) is 0 Å². The van der Waals surface area contributed by atoms with E-state index in [1.165, 1.54) is 148 Å². The molecular formula is C71H43N. The van der Waals surface area contributed by atoms with Gasteiger partial charge in [0.05, 0.1) is 16.4 Å². The molecule has 0 atom stereocenters. The summed E-state index contributed by atoms with van der Waals surface area (Å²) in [7, 11) is 0. The summed E-state index contributed by atoms with van der Waals surface area (Å²) in [5.74, 6) is 0. The highest BCUT2D eigenvalue weighted by Gasteiger charge is 2.52. The third-order valence-corrected chi connectivity index (χ3v) is 16.3. The molecule has 0 saturated carbocycles. The Morgan fingerprint density at radius 1 is 0.250 bits per heavy atom. The minimum Gasteiger partial charge on any atom is -0.309 e. The van der Waals surface area contributed by atoms with Gasteiger partial charge in [-0.2, -0.15) is 0 Å². The van der Waals surface area contributed by atoms with Crippen molar-refractivity contribution in [3.05, 3.63) is 283 Å². The van der Waals surface area contributed by atoms with Crippen LogP contribution in [0.15, 0.2) is 261 Å². The van der Waals surface area contributed by atoms with E-state index in [0.717, 1.165) is 0 Å². The average Bonchev–Trinajstić information content (AvgIpc) is 4.06. The number of aromatic nitrogens is 1. The minimum absolute atomic E-state index is 0.429. The van der Waals surface area contributed by atoms with Crippen LogP contribution >= 0.6 is 0 Å². The Balaban J connectivity index is 0.835. The van der Waals surface area contributed by atoms with Gasteiger partial charge in [0.1, 0.15) is 0 Å². The van der Waals surface area contributed by atoms with Crippen molar-refractivity contribution in [1.82, 2.24) is 4.57 Å². The van der Waals surface area contributed by atoms with Crippen molar-refractivity contribution in [2.45, 2.75) is 5.41 Å².